The van der Waals surface area contributed by atoms with E-state index in [1.165, 1.54) is 56.9 Å². The lowest BCUT2D eigenvalue weighted by Crippen LogP contribution is -2.25. The van der Waals surface area contributed by atoms with Crippen molar-refractivity contribution in [2.45, 2.75) is 70.1 Å². The first-order chi connectivity index (χ1) is 14.6. The Kier molecular flexibility index (Phi) is 6.71. The standard InChI is InChI=1S/C28H34F2/c1-3-5-6-25-17-24-16-15-23(18-26(24)28(30)27(25)29)22-13-11-21(12-14-22)20-9-7-19(4-2)8-10-20/h3-4,15-22H,1-2,5-14H2. The quantitative estimate of drug-likeness (QED) is 0.420. The van der Waals surface area contributed by atoms with E-state index in [1.54, 1.807) is 12.1 Å². The summed E-state index contributed by atoms with van der Waals surface area (Å²) >= 11 is 0. The van der Waals surface area contributed by atoms with E-state index < -0.39 is 11.6 Å². The molecule has 0 saturated heterocycles. The number of aryl methyl sites for hydroxylation is 1. The zero-order valence-corrected chi connectivity index (χ0v) is 18.0. The molecule has 2 aromatic rings. The van der Waals surface area contributed by atoms with Gasteiger partial charge in [-0.3, -0.25) is 0 Å². The van der Waals surface area contributed by atoms with Gasteiger partial charge < -0.3 is 0 Å². The number of benzene rings is 2. The lowest BCUT2D eigenvalue weighted by atomic mass is 9.68. The molecule has 0 heterocycles. The van der Waals surface area contributed by atoms with E-state index in [1.807, 2.05) is 12.1 Å². The van der Waals surface area contributed by atoms with Gasteiger partial charge in [0.2, 0.25) is 0 Å². The molecule has 0 radical (unpaired) electrons. The van der Waals surface area contributed by atoms with Gasteiger partial charge in [0.05, 0.1) is 0 Å². The summed E-state index contributed by atoms with van der Waals surface area (Å²) in [4.78, 5) is 0. The van der Waals surface area contributed by atoms with Crippen LogP contribution in [0.4, 0.5) is 8.78 Å². The summed E-state index contributed by atoms with van der Waals surface area (Å²) in [6.07, 6.45) is 15.2. The summed E-state index contributed by atoms with van der Waals surface area (Å²) in [6.45, 7) is 7.64. The Morgan fingerprint density at radius 1 is 0.833 bits per heavy atom. The molecule has 160 valence electrons. The molecule has 2 heteroatoms. The van der Waals surface area contributed by atoms with Gasteiger partial charge in [-0.1, -0.05) is 24.3 Å². The Morgan fingerprint density at radius 3 is 2.13 bits per heavy atom. The summed E-state index contributed by atoms with van der Waals surface area (Å²) in [7, 11) is 0. The maximum atomic E-state index is 14.8. The Bertz CT molecular complexity index is 896. The predicted octanol–water partition coefficient (Wildman–Crippen LogP) is 8.50. The van der Waals surface area contributed by atoms with Crippen molar-refractivity contribution in [1.82, 2.24) is 0 Å². The number of halogens is 2. The Morgan fingerprint density at radius 2 is 1.50 bits per heavy atom. The molecule has 4 rings (SSSR count). The van der Waals surface area contributed by atoms with E-state index in [0.29, 0.717) is 29.7 Å². The lowest BCUT2D eigenvalue weighted by Gasteiger charge is -2.37. The molecule has 2 aliphatic carbocycles. The van der Waals surface area contributed by atoms with E-state index in [9.17, 15) is 8.78 Å². The minimum Gasteiger partial charge on any atom is -0.203 e. The van der Waals surface area contributed by atoms with Crippen LogP contribution in [0.15, 0.2) is 49.6 Å². The monoisotopic (exact) mass is 408 g/mol. The van der Waals surface area contributed by atoms with Crippen molar-refractivity contribution >= 4 is 10.8 Å². The molecule has 0 amide bonds. The third-order valence-corrected chi connectivity index (χ3v) is 7.80. The van der Waals surface area contributed by atoms with Crippen LogP contribution in [-0.4, -0.2) is 0 Å². The lowest BCUT2D eigenvalue weighted by molar-refractivity contribution is 0.171. The molecule has 2 saturated carbocycles. The van der Waals surface area contributed by atoms with Crippen molar-refractivity contribution < 1.29 is 8.78 Å². The fraction of sp³-hybridized carbons (Fsp3) is 0.500. The molecule has 0 bridgehead atoms. The SMILES string of the molecule is C=CCCc1cc2ccc(C3CCC(C4CCC(C=C)CC4)CC3)cc2c(F)c1F. The number of allylic oxidation sites excluding steroid dienone is 2. The molecule has 30 heavy (non-hydrogen) atoms. The Balaban J connectivity index is 1.45. The average molecular weight is 409 g/mol. The zero-order valence-electron chi connectivity index (χ0n) is 18.0. The van der Waals surface area contributed by atoms with Gasteiger partial charge in [0, 0.05) is 5.39 Å². The zero-order chi connectivity index (χ0) is 21.1. The van der Waals surface area contributed by atoms with E-state index >= 15 is 0 Å². The van der Waals surface area contributed by atoms with Crippen LogP contribution < -0.4 is 0 Å². The third kappa shape index (κ3) is 4.38. The largest absolute Gasteiger partial charge is 0.203 e. The molecule has 0 spiro atoms. The summed E-state index contributed by atoms with van der Waals surface area (Å²) in [5.41, 5.74) is 1.62. The van der Waals surface area contributed by atoms with Crippen molar-refractivity contribution in [3.8, 4) is 0 Å². The van der Waals surface area contributed by atoms with Crippen molar-refractivity contribution in [1.29, 1.82) is 0 Å². The van der Waals surface area contributed by atoms with Crippen molar-refractivity contribution in [2.75, 3.05) is 0 Å². The highest BCUT2D eigenvalue weighted by atomic mass is 19.2. The molecule has 2 fully saturated rings. The molecular weight excluding hydrogens is 374 g/mol. The summed E-state index contributed by atoms with van der Waals surface area (Å²) in [5, 5.41) is 1.22. The van der Waals surface area contributed by atoms with E-state index in [2.05, 4.69) is 25.3 Å². The van der Waals surface area contributed by atoms with Crippen molar-refractivity contribution in [2.24, 2.45) is 17.8 Å². The smallest absolute Gasteiger partial charge is 0.166 e. The maximum absolute atomic E-state index is 14.8. The average Bonchev–Trinajstić information content (AvgIpc) is 2.80. The molecule has 0 unspecified atom stereocenters. The highest BCUT2D eigenvalue weighted by molar-refractivity contribution is 5.85. The van der Waals surface area contributed by atoms with Crippen LogP contribution in [-0.2, 0) is 6.42 Å². The second-order valence-electron chi connectivity index (χ2n) is 9.49. The topological polar surface area (TPSA) is 0 Å². The fourth-order valence-corrected chi connectivity index (χ4v) is 5.87. The molecule has 0 aromatic heterocycles. The number of rotatable bonds is 6. The van der Waals surface area contributed by atoms with Gasteiger partial charge in [-0.25, -0.2) is 8.78 Å². The van der Waals surface area contributed by atoms with Gasteiger partial charge in [0.15, 0.2) is 11.6 Å². The summed E-state index contributed by atoms with van der Waals surface area (Å²) in [5.74, 6) is 1.52. The number of fused-ring (bicyclic) bond motifs is 1. The van der Waals surface area contributed by atoms with Crippen LogP contribution >= 0.6 is 0 Å². The van der Waals surface area contributed by atoms with Gasteiger partial charge in [0.25, 0.3) is 0 Å². The number of hydrogen-bond acceptors (Lipinski definition) is 0. The van der Waals surface area contributed by atoms with Gasteiger partial charge in [-0.15, -0.1) is 13.2 Å². The van der Waals surface area contributed by atoms with Crippen LogP contribution in [0.3, 0.4) is 0 Å². The number of hydrogen-bond donors (Lipinski definition) is 0. The third-order valence-electron chi connectivity index (χ3n) is 7.80. The molecule has 0 nitrogen and oxygen atoms in total. The van der Waals surface area contributed by atoms with Gasteiger partial charge >= 0.3 is 0 Å². The normalized spacial score (nSPS) is 27.1. The second-order valence-corrected chi connectivity index (χ2v) is 9.49. The molecule has 2 aromatic carbocycles. The summed E-state index contributed by atoms with van der Waals surface area (Å²) in [6, 6.07) is 7.83. The van der Waals surface area contributed by atoms with Gasteiger partial charge in [0.1, 0.15) is 0 Å². The van der Waals surface area contributed by atoms with Crippen LogP contribution in [0.1, 0.15) is 74.8 Å². The van der Waals surface area contributed by atoms with E-state index in [4.69, 9.17) is 0 Å². The minimum atomic E-state index is -0.694. The first-order valence-corrected chi connectivity index (χ1v) is 11.7. The first kappa shape index (κ1) is 21.3. The van der Waals surface area contributed by atoms with Crippen LogP contribution in [0.25, 0.3) is 10.8 Å². The highest BCUT2D eigenvalue weighted by Crippen LogP contribution is 2.44. The summed E-state index contributed by atoms with van der Waals surface area (Å²) < 4.78 is 29.3. The van der Waals surface area contributed by atoms with Crippen LogP contribution in [0, 0.1) is 29.4 Å². The van der Waals surface area contributed by atoms with Crippen LogP contribution in [0.5, 0.6) is 0 Å². The molecule has 0 N–H and O–H groups in total. The predicted molar refractivity (Wildman–Crippen MR) is 123 cm³/mol. The van der Waals surface area contributed by atoms with E-state index in [-0.39, 0.29) is 0 Å². The van der Waals surface area contributed by atoms with Crippen LogP contribution in [0.2, 0.25) is 0 Å². The van der Waals surface area contributed by atoms with Gasteiger partial charge in [-0.05, 0) is 117 Å². The molecule has 0 aliphatic heterocycles. The molecule has 2 aliphatic rings. The van der Waals surface area contributed by atoms with E-state index in [0.717, 1.165) is 23.1 Å². The van der Waals surface area contributed by atoms with Gasteiger partial charge in [-0.2, -0.15) is 0 Å². The molecular formula is C28H34F2. The second kappa shape index (κ2) is 9.45. The maximum Gasteiger partial charge on any atom is 0.166 e. The highest BCUT2D eigenvalue weighted by Gasteiger charge is 2.30. The Hall–Kier alpha value is -1.96. The fourth-order valence-electron chi connectivity index (χ4n) is 5.87. The Labute approximate surface area is 180 Å². The van der Waals surface area contributed by atoms with Crippen molar-refractivity contribution in [3.05, 3.63) is 72.3 Å². The first-order valence-electron chi connectivity index (χ1n) is 11.7. The molecule has 0 atom stereocenters. The minimum absolute atomic E-state index is 0.428. The van der Waals surface area contributed by atoms with Crippen molar-refractivity contribution in [3.63, 3.8) is 0 Å².